The van der Waals surface area contributed by atoms with Crippen LogP contribution in [0.4, 0.5) is 0 Å². The molecule has 1 aromatic rings. The van der Waals surface area contributed by atoms with Crippen LogP contribution in [0.1, 0.15) is 23.8 Å². The smallest absolute Gasteiger partial charge is 0.269 e. The van der Waals surface area contributed by atoms with Gasteiger partial charge in [0.05, 0.1) is 10.4 Å². The molecule has 1 aromatic heterocycles. The average Bonchev–Trinajstić information content (AvgIpc) is 2.26. The van der Waals surface area contributed by atoms with E-state index in [2.05, 4.69) is 10.3 Å². The summed E-state index contributed by atoms with van der Waals surface area (Å²) in [7, 11) is 0. The lowest BCUT2D eigenvalue weighted by Gasteiger charge is -2.07. The molecule has 3 nitrogen and oxygen atoms in total. The average molecular weight is 247 g/mol. The molecule has 0 bridgehead atoms. The number of amides is 1. The molecule has 0 aliphatic heterocycles. The van der Waals surface area contributed by atoms with Gasteiger partial charge in [0.25, 0.3) is 5.91 Å². The molecule has 0 fully saturated rings. The van der Waals surface area contributed by atoms with Gasteiger partial charge in [-0.25, -0.2) is 4.98 Å². The van der Waals surface area contributed by atoms with Crippen molar-refractivity contribution in [2.75, 3.05) is 6.54 Å². The number of carbonyl (C=O) groups excluding carboxylic acids is 1. The maximum atomic E-state index is 11.5. The second kappa shape index (κ2) is 5.93. The molecule has 1 amide bonds. The number of alkyl halides is 1. The first kappa shape index (κ1) is 12.3. The van der Waals surface area contributed by atoms with E-state index >= 15 is 0 Å². The van der Waals surface area contributed by atoms with Gasteiger partial charge in [0.2, 0.25) is 0 Å². The van der Waals surface area contributed by atoms with Crippen molar-refractivity contribution in [2.45, 2.75) is 18.7 Å². The second-order valence-electron chi connectivity index (χ2n) is 3.08. The fourth-order valence-electron chi connectivity index (χ4n) is 0.948. The number of nitrogens with zero attached hydrogens (tertiary/aromatic N) is 1. The molecule has 1 rings (SSSR count). The molecular weight excluding hydrogens is 235 g/mol. The molecule has 82 valence electrons. The highest BCUT2D eigenvalue weighted by Crippen LogP contribution is 2.06. The minimum absolute atomic E-state index is 0.0405. The lowest BCUT2D eigenvalue weighted by atomic mass is 10.3. The molecule has 0 aromatic carbocycles. The van der Waals surface area contributed by atoms with Crippen molar-refractivity contribution >= 4 is 29.1 Å². The third kappa shape index (κ3) is 4.06. The monoisotopic (exact) mass is 246 g/mol. The molecular formula is C10H12Cl2N2O. The summed E-state index contributed by atoms with van der Waals surface area (Å²) in [4.78, 5) is 15.4. The zero-order valence-electron chi connectivity index (χ0n) is 8.34. The summed E-state index contributed by atoms with van der Waals surface area (Å²) in [6.07, 6.45) is 2.25. The third-order valence-electron chi connectivity index (χ3n) is 1.89. The first-order valence-corrected chi connectivity index (χ1v) is 5.48. The number of rotatable bonds is 4. The van der Waals surface area contributed by atoms with Gasteiger partial charge in [-0.1, -0.05) is 18.5 Å². The predicted octanol–water partition coefficient (Wildman–Crippen LogP) is 2.48. The van der Waals surface area contributed by atoms with E-state index in [1.807, 2.05) is 6.92 Å². The van der Waals surface area contributed by atoms with E-state index in [9.17, 15) is 4.79 Å². The predicted molar refractivity (Wildman–Crippen MR) is 61.5 cm³/mol. The summed E-state index contributed by atoms with van der Waals surface area (Å²) in [5.74, 6) is -0.231. The van der Waals surface area contributed by atoms with Crippen LogP contribution in [0.2, 0.25) is 5.02 Å². The van der Waals surface area contributed by atoms with Crippen LogP contribution in [0.15, 0.2) is 18.3 Å². The SMILES string of the molecule is CCC(Cl)CNC(=O)c1ccc(Cl)cn1. The highest BCUT2D eigenvalue weighted by molar-refractivity contribution is 6.30. The van der Waals surface area contributed by atoms with E-state index in [4.69, 9.17) is 23.2 Å². The summed E-state index contributed by atoms with van der Waals surface area (Å²) in [5.41, 5.74) is 0.347. The van der Waals surface area contributed by atoms with Crippen LogP contribution in [0.5, 0.6) is 0 Å². The Balaban J connectivity index is 2.50. The lowest BCUT2D eigenvalue weighted by Crippen LogP contribution is -2.30. The quantitative estimate of drug-likeness (QED) is 0.830. The summed E-state index contributed by atoms with van der Waals surface area (Å²) >= 11 is 11.5. The Kier molecular flexibility index (Phi) is 4.85. The minimum atomic E-state index is -0.231. The van der Waals surface area contributed by atoms with Crippen LogP contribution in [-0.4, -0.2) is 22.8 Å². The van der Waals surface area contributed by atoms with Crippen molar-refractivity contribution < 1.29 is 4.79 Å². The normalized spacial score (nSPS) is 12.2. The van der Waals surface area contributed by atoms with E-state index in [1.54, 1.807) is 12.1 Å². The second-order valence-corrected chi connectivity index (χ2v) is 4.13. The van der Waals surface area contributed by atoms with Gasteiger partial charge < -0.3 is 5.32 Å². The van der Waals surface area contributed by atoms with Crippen molar-refractivity contribution in [2.24, 2.45) is 0 Å². The molecule has 0 saturated carbocycles. The van der Waals surface area contributed by atoms with Gasteiger partial charge in [0.15, 0.2) is 0 Å². The lowest BCUT2D eigenvalue weighted by molar-refractivity contribution is 0.0948. The zero-order valence-corrected chi connectivity index (χ0v) is 9.85. The Morgan fingerprint density at radius 3 is 2.87 bits per heavy atom. The topological polar surface area (TPSA) is 42.0 Å². The van der Waals surface area contributed by atoms with E-state index in [-0.39, 0.29) is 11.3 Å². The standard InChI is InChI=1S/C10H12Cl2N2O/c1-2-7(11)5-14-10(15)9-4-3-8(12)6-13-9/h3-4,6-7H,2,5H2,1H3,(H,14,15). The van der Waals surface area contributed by atoms with Gasteiger partial charge in [0.1, 0.15) is 5.69 Å². The Morgan fingerprint density at radius 1 is 1.60 bits per heavy atom. The Bertz CT molecular complexity index is 327. The van der Waals surface area contributed by atoms with Crippen LogP contribution in [0.3, 0.4) is 0 Å². The number of aromatic nitrogens is 1. The largest absolute Gasteiger partial charge is 0.349 e. The first-order valence-electron chi connectivity index (χ1n) is 4.67. The van der Waals surface area contributed by atoms with E-state index in [1.165, 1.54) is 6.20 Å². The molecule has 0 aliphatic carbocycles. The molecule has 0 aliphatic rings. The van der Waals surface area contributed by atoms with Crippen LogP contribution >= 0.6 is 23.2 Å². The number of halogens is 2. The van der Waals surface area contributed by atoms with Gasteiger partial charge in [-0.15, -0.1) is 11.6 Å². The van der Waals surface area contributed by atoms with Crippen molar-refractivity contribution in [3.05, 3.63) is 29.0 Å². The minimum Gasteiger partial charge on any atom is -0.349 e. The number of nitrogens with one attached hydrogen (secondary N) is 1. The summed E-state index contributed by atoms with van der Waals surface area (Å²) in [5, 5.41) is 3.16. The summed E-state index contributed by atoms with van der Waals surface area (Å²) in [6, 6.07) is 3.20. The Hall–Kier alpha value is -0.800. The van der Waals surface area contributed by atoms with Crippen LogP contribution in [-0.2, 0) is 0 Å². The molecule has 0 radical (unpaired) electrons. The maximum absolute atomic E-state index is 11.5. The molecule has 1 unspecified atom stereocenters. The molecule has 0 saturated heterocycles. The third-order valence-corrected chi connectivity index (χ3v) is 2.57. The fraction of sp³-hybridized carbons (Fsp3) is 0.400. The van der Waals surface area contributed by atoms with Gasteiger partial charge in [-0.2, -0.15) is 0 Å². The zero-order chi connectivity index (χ0) is 11.3. The van der Waals surface area contributed by atoms with Crippen molar-refractivity contribution in [1.29, 1.82) is 0 Å². The molecule has 15 heavy (non-hydrogen) atoms. The maximum Gasteiger partial charge on any atom is 0.269 e. The molecule has 1 N–H and O–H groups in total. The molecule has 1 atom stereocenters. The number of hydrogen-bond donors (Lipinski definition) is 1. The van der Waals surface area contributed by atoms with Crippen LogP contribution in [0, 0.1) is 0 Å². The highest BCUT2D eigenvalue weighted by Gasteiger charge is 2.08. The van der Waals surface area contributed by atoms with E-state index in [0.29, 0.717) is 17.3 Å². The Morgan fingerprint density at radius 2 is 2.33 bits per heavy atom. The number of carbonyl (C=O) groups is 1. The summed E-state index contributed by atoms with van der Waals surface area (Å²) in [6.45, 7) is 2.41. The van der Waals surface area contributed by atoms with Gasteiger partial charge in [0, 0.05) is 12.7 Å². The molecule has 5 heteroatoms. The first-order chi connectivity index (χ1) is 7.13. The van der Waals surface area contributed by atoms with Crippen molar-refractivity contribution in [1.82, 2.24) is 10.3 Å². The number of pyridine rings is 1. The highest BCUT2D eigenvalue weighted by atomic mass is 35.5. The van der Waals surface area contributed by atoms with Gasteiger partial charge in [-0.05, 0) is 18.6 Å². The molecule has 0 spiro atoms. The van der Waals surface area contributed by atoms with Gasteiger partial charge in [-0.3, -0.25) is 4.79 Å². The molecule has 1 heterocycles. The van der Waals surface area contributed by atoms with E-state index < -0.39 is 0 Å². The van der Waals surface area contributed by atoms with Crippen LogP contribution in [0.25, 0.3) is 0 Å². The number of hydrogen-bond acceptors (Lipinski definition) is 2. The van der Waals surface area contributed by atoms with Gasteiger partial charge >= 0.3 is 0 Å². The fourth-order valence-corrected chi connectivity index (χ4v) is 1.14. The van der Waals surface area contributed by atoms with Crippen molar-refractivity contribution in [3.63, 3.8) is 0 Å². The Labute approximate surface area is 98.8 Å². The summed E-state index contributed by atoms with van der Waals surface area (Å²) < 4.78 is 0. The van der Waals surface area contributed by atoms with Crippen molar-refractivity contribution in [3.8, 4) is 0 Å². The van der Waals surface area contributed by atoms with E-state index in [0.717, 1.165) is 6.42 Å². The van der Waals surface area contributed by atoms with Crippen LogP contribution < -0.4 is 5.32 Å².